The molecule has 2 aliphatic heterocycles. The summed E-state index contributed by atoms with van der Waals surface area (Å²) in [4.78, 5) is 14.5. The van der Waals surface area contributed by atoms with E-state index in [1.54, 1.807) is 17.0 Å². The average molecular weight is 401 g/mol. The summed E-state index contributed by atoms with van der Waals surface area (Å²) in [7, 11) is 1.35. The van der Waals surface area contributed by atoms with Gasteiger partial charge in [-0.15, -0.1) is 12.4 Å². The molecule has 1 N–H and O–H groups in total. The Balaban J connectivity index is 0.00000243. The summed E-state index contributed by atoms with van der Waals surface area (Å²) in [6.07, 6.45) is 0.964. The first-order valence-electron chi connectivity index (χ1n) is 8.75. The Morgan fingerprint density at radius 1 is 1.27 bits per heavy atom. The number of amides is 1. The van der Waals surface area contributed by atoms with E-state index in [4.69, 9.17) is 20.9 Å². The topological polar surface area (TPSA) is 50.8 Å². The van der Waals surface area contributed by atoms with E-state index in [-0.39, 0.29) is 24.4 Å². The second kappa shape index (κ2) is 7.68. The summed E-state index contributed by atoms with van der Waals surface area (Å²) < 4.78 is 12.1. The van der Waals surface area contributed by atoms with E-state index in [2.05, 4.69) is 5.32 Å². The fourth-order valence-electron chi connectivity index (χ4n) is 3.16. The fourth-order valence-corrected chi connectivity index (χ4v) is 3.43. The summed E-state index contributed by atoms with van der Waals surface area (Å²) in [6, 6.07) is 5.62. The smallest absolute Gasteiger partial charge is 0.399 e. The number of benzene rings is 1. The lowest BCUT2D eigenvalue weighted by molar-refractivity contribution is 0.00578. The third-order valence-corrected chi connectivity index (χ3v) is 5.96. The van der Waals surface area contributed by atoms with Crippen molar-refractivity contribution in [2.75, 3.05) is 20.1 Å². The number of carbonyl (C=O) groups is 1. The fraction of sp³-hybridized carbons (Fsp3) is 0.611. The predicted octanol–water partition coefficient (Wildman–Crippen LogP) is 2.49. The van der Waals surface area contributed by atoms with E-state index in [9.17, 15) is 4.79 Å². The maximum absolute atomic E-state index is 12.7. The van der Waals surface area contributed by atoms with Crippen LogP contribution in [0.15, 0.2) is 18.2 Å². The number of nitrogens with one attached hydrogen (secondary N) is 1. The molecule has 0 unspecified atom stereocenters. The number of halogens is 2. The zero-order valence-corrected chi connectivity index (χ0v) is 17.5. The quantitative estimate of drug-likeness (QED) is 0.792. The summed E-state index contributed by atoms with van der Waals surface area (Å²) in [6.45, 7) is 9.81. The van der Waals surface area contributed by atoms with Crippen molar-refractivity contribution in [1.29, 1.82) is 0 Å². The van der Waals surface area contributed by atoms with Crippen LogP contribution in [-0.4, -0.2) is 55.3 Å². The van der Waals surface area contributed by atoms with E-state index in [0.29, 0.717) is 10.6 Å². The molecule has 1 aromatic carbocycles. The van der Waals surface area contributed by atoms with E-state index in [1.807, 2.05) is 40.8 Å². The standard InChI is InChI=1S/C18H26BClN2O3.ClH/c1-17(2)18(3,4)25-19(24-17)12-6-7-14(15(20)10-12)16(23)22(5)13-8-9-21-11-13;/h6-7,10,13,21H,8-9,11H2,1-5H3;1H/t13-;/m0./s1. The van der Waals surface area contributed by atoms with Crippen molar-refractivity contribution in [3.05, 3.63) is 28.8 Å². The van der Waals surface area contributed by atoms with Gasteiger partial charge in [-0.3, -0.25) is 4.79 Å². The Morgan fingerprint density at radius 2 is 1.88 bits per heavy atom. The van der Waals surface area contributed by atoms with Crippen molar-refractivity contribution in [2.45, 2.75) is 51.4 Å². The van der Waals surface area contributed by atoms with Crippen LogP contribution in [0.3, 0.4) is 0 Å². The van der Waals surface area contributed by atoms with Crippen LogP contribution in [0.5, 0.6) is 0 Å². The number of hydrogen-bond donors (Lipinski definition) is 1. The van der Waals surface area contributed by atoms with Gasteiger partial charge in [0.1, 0.15) is 0 Å². The molecule has 3 rings (SSSR count). The molecule has 2 heterocycles. The minimum absolute atomic E-state index is 0. The number of nitrogens with zero attached hydrogens (tertiary/aromatic N) is 1. The lowest BCUT2D eigenvalue weighted by Crippen LogP contribution is -2.41. The molecule has 2 saturated heterocycles. The molecule has 0 radical (unpaired) electrons. The highest BCUT2D eigenvalue weighted by atomic mass is 35.5. The van der Waals surface area contributed by atoms with E-state index < -0.39 is 18.3 Å². The predicted molar refractivity (Wildman–Crippen MR) is 108 cm³/mol. The van der Waals surface area contributed by atoms with Crippen molar-refractivity contribution < 1.29 is 14.1 Å². The first-order valence-corrected chi connectivity index (χ1v) is 9.13. The molecule has 0 saturated carbocycles. The van der Waals surface area contributed by atoms with Gasteiger partial charge < -0.3 is 19.5 Å². The highest BCUT2D eigenvalue weighted by Crippen LogP contribution is 2.36. The molecule has 1 aromatic rings. The molecule has 26 heavy (non-hydrogen) atoms. The van der Waals surface area contributed by atoms with Crippen molar-refractivity contribution >= 4 is 42.5 Å². The first kappa shape index (κ1) is 21.5. The minimum atomic E-state index is -0.483. The summed E-state index contributed by atoms with van der Waals surface area (Å²) >= 11 is 6.42. The SMILES string of the molecule is CN(C(=O)c1ccc(B2OC(C)(C)C(C)(C)O2)cc1Cl)[C@H]1CCNC1.Cl. The second-order valence-electron chi connectivity index (χ2n) is 7.89. The van der Waals surface area contributed by atoms with Crippen LogP contribution in [0.4, 0.5) is 0 Å². The molecule has 0 aliphatic carbocycles. The zero-order chi connectivity index (χ0) is 18.4. The maximum atomic E-state index is 12.7. The lowest BCUT2D eigenvalue weighted by atomic mass is 9.79. The van der Waals surface area contributed by atoms with Gasteiger partial charge in [-0.25, -0.2) is 0 Å². The van der Waals surface area contributed by atoms with E-state index >= 15 is 0 Å². The van der Waals surface area contributed by atoms with Crippen LogP contribution < -0.4 is 10.8 Å². The van der Waals surface area contributed by atoms with Gasteiger partial charge in [0.15, 0.2) is 0 Å². The van der Waals surface area contributed by atoms with Crippen LogP contribution >= 0.6 is 24.0 Å². The number of likely N-dealkylation sites (N-methyl/N-ethyl adjacent to an activating group) is 1. The Kier molecular flexibility index (Phi) is 6.36. The molecule has 144 valence electrons. The van der Waals surface area contributed by atoms with Gasteiger partial charge in [0.2, 0.25) is 0 Å². The number of rotatable bonds is 3. The Hall–Kier alpha value is -0.785. The molecule has 8 heteroatoms. The molecule has 0 bridgehead atoms. The average Bonchev–Trinajstić information content (AvgIpc) is 3.12. The Bertz CT molecular complexity index is 662. The molecule has 1 atom stereocenters. The molecular weight excluding hydrogens is 374 g/mol. The maximum Gasteiger partial charge on any atom is 0.494 e. The zero-order valence-electron chi connectivity index (χ0n) is 16.0. The summed E-state index contributed by atoms with van der Waals surface area (Å²) in [5.74, 6) is -0.0563. The van der Waals surface area contributed by atoms with Gasteiger partial charge in [-0.05, 0) is 58.3 Å². The highest BCUT2D eigenvalue weighted by molar-refractivity contribution is 6.62. The van der Waals surface area contributed by atoms with Gasteiger partial charge in [-0.1, -0.05) is 17.7 Å². The summed E-state index contributed by atoms with van der Waals surface area (Å²) in [5, 5.41) is 3.70. The Labute approximate surface area is 167 Å². The molecular formula is C18H27BCl2N2O3. The molecule has 2 fully saturated rings. The van der Waals surface area contributed by atoms with Crippen molar-refractivity contribution in [3.8, 4) is 0 Å². The van der Waals surface area contributed by atoms with Crippen LogP contribution in [-0.2, 0) is 9.31 Å². The van der Waals surface area contributed by atoms with Gasteiger partial charge in [0.05, 0.1) is 21.8 Å². The van der Waals surface area contributed by atoms with E-state index in [1.165, 1.54) is 0 Å². The van der Waals surface area contributed by atoms with Gasteiger partial charge in [0, 0.05) is 19.6 Å². The monoisotopic (exact) mass is 400 g/mol. The largest absolute Gasteiger partial charge is 0.494 e. The molecule has 2 aliphatic rings. The number of carbonyl (C=O) groups excluding carboxylic acids is 1. The highest BCUT2D eigenvalue weighted by Gasteiger charge is 2.51. The molecule has 0 spiro atoms. The molecule has 1 amide bonds. The Morgan fingerprint density at radius 3 is 2.38 bits per heavy atom. The van der Waals surface area contributed by atoms with Gasteiger partial charge in [0.25, 0.3) is 5.91 Å². The minimum Gasteiger partial charge on any atom is -0.399 e. The lowest BCUT2D eigenvalue weighted by Gasteiger charge is -2.32. The van der Waals surface area contributed by atoms with Crippen LogP contribution in [0.2, 0.25) is 5.02 Å². The molecule has 0 aromatic heterocycles. The van der Waals surface area contributed by atoms with Crippen molar-refractivity contribution in [1.82, 2.24) is 10.2 Å². The van der Waals surface area contributed by atoms with Gasteiger partial charge >= 0.3 is 7.12 Å². The van der Waals surface area contributed by atoms with Crippen LogP contribution in [0.1, 0.15) is 44.5 Å². The second-order valence-corrected chi connectivity index (χ2v) is 8.30. The van der Waals surface area contributed by atoms with E-state index in [0.717, 1.165) is 25.0 Å². The third kappa shape index (κ3) is 3.90. The van der Waals surface area contributed by atoms with Gasteiger partial charge in [-0.2, -0.15) is 0 Å². The van der Waals surface area contributed by atoms with Crippen LogP contribution in [0.25, 0.3) is 0 Å². The van der Waals surface area contributed by atoms with Crippen molar-refractivity contribution in [3.63, 3.8) is 0 Å². The molecule has 5 nitrogen and oxygen atoms in total. The van der Waals surface area contributed by atoms with Crippen molar-refractivity contribution in [2.24, 2.45) is 0 Å². The summed E-state index contributed by atoms with van der Waals surface area (Å²) in [5.41, 5.74) is 0.518. The number of hydrogen-bond acceptors (Lipinski definition) is 4. The first-order chi connectivity index (χ1) is 11.6. The third-order valence-electron chi connectivity index (χ3n) is 5.65. The normalized spacial score (nSPS) is 23.6. The van der Waals surface area contributed by atoms with Crippen LogP contribution in [0, 0.1) is 0 Å².